The van der Waals surface area contributed by atoms with Crippen molar-refractivity contribution in [3.05, 3.63) is 0 Å². The maximum Gasteiger partial charge on any atom is 0.243 e. The van der Waals surface area contributed by atoms with Gasteiger partial charge in [-0.1, -0.05) is 19.3 Å². The molecule has 2 amide bonds. The summed E-state index contributed by atoms with van der Waals surface area (Å²) in [7, 11) is 0. The van der Waals surface area contributed by atoms with Crippen molar-refractivity contribution < 1.29 is 9.59 Å². The molecule has 2 saturated heterocycles. The van der Waals surface area contributed by atoms with Gasteiger partial charge in [-0.05, 0) is 45.1 Å². The Morgan fingerprint density at radius 1 is 1.00 bits per heavy atom. The van der Waals surface area contributed by atoms with Crippen LogP contribution in [0, 0.1) is 16.7 Å². The fourth-order valence-corrected chi connectivity index (χ4v) is 4.76. The highest BCUT2D eigenvalue weighted by Gasteiger charge is 2.44. The number of amides is 2. The van der Waals surface area contributed by atoms with Gasteiger partial charge in [0.05, 0.1) is 12.1 Å². The third-order valence-electron chi connectivity index (χ3n) is 6.17. The topological polar surface area (TPSA) is 90.4 Å². The average Bonchev–Trinajstić information content (AvgIpc) is 3.12. The molecule has 0 spiro atoms. The fourth-order valence-electron chi connectivity index (χ4n) is 4.76. The van der Waals surface area contributed by atoms with Gasteiger partial charge in [0.1, 0.15) is 5.41 Å². The van der Waals surface area contributed by atoms with Gasteiger partial charge in [-0.25, -0.2) is 0 Å². The first-order valence-electron chi connectivity index (χ1n) is 9.33. The van der Waals surface area contributed by atoms with Crippen LogP contribution in [0.4, 0.5) is 0 Å². The number of hydrogen-bond acceptors (Lipinski definition) is 4. The molecule has 2 aliphatic heterocycles. The lowest BCUT2D eigenvalue weighted by Crippen LogP contribution is -2.53. The van der Waals surface area contributed by atoms with E-state index in [9.17, 15) is 14.9 Å². The quantitative estimate of drug-likeness (QED) is 0.846. The molecule has 0 radical (unpaired) electrons. The zero-order valence-corrected chi connectivity index (χ0v) is 14.4. The molecule has 2 N–H and O–H groups in total. The second kappa shape index (κ2) is 7.10. The van der Waals surface area contributed by atoms with Gasteiger partial charge >= 0.3 is 0 Å². The summed E-state index contributed by atoms with van der Waals surface area (Å²) in [5, 5.41) is 9.61. The Kier molecular flexibility index (Phi) is 5.09. The van der Waals surface area contributed by atoms with Crippen LogP contribution in [0.25, 0.3) is 0 Å². The van der Waals surface area contributed by atoms with Crippen molar-refractivity contribution in [1.29, 1.82) is 5.26 Å². The van der Waals surface area contributed by atoms with Crippen LogP contribution >= 0.6 is 0 Å². The van der Waals surface area contributed by atoms with Gasteiger partial charge in [0, 0.05) is 19.1 Å². The number of nitriles is 1. The van der Waals surface area contributed by atoms with Crippen LogP contribution in [0.5, 0.6) is 0 Å². The second-order valence-electron chi connectivity index (χ2n) is 7.58. The Hall–Kier alpha value is -1.61. The number of likely N-dealkylation sites (tertiary alicyclic amines) is 2. The van der Waals surface area contributed by atoms with Gasteiger partial charge in [-0.15, -0.1) is 0 Å². The minimum atomic E-state index is -0.783. The summed E-state index contributed by atoms with van der Waals surface area (Å²) in [4.78, 5) is 28.6. The van der Waals surface area contributed by atoms with Gasteiger partial charge < -0.3 is 10.6 Å². The minimum Gasteiger partial charge on any atom is -0.368 e. The van der Waals surface area contributed by atoms with Crippen molar-refractivity contribution >= 4 is 11.8 Å². The van der Waals surface area contributed by atoms with Gasteiger partial charge in [0.15, 0.2) is 0 Å². The first-order chi connectivity index (χ1) is 11.6. The first-order valence-corrected chi connectivity index (χ1v) is 9.33. The standard InChI is InChI=1S/C18H28N4O2/c19-13-18(8-2-1-3-9-18)17(24)21-11-6-14(7-12-21)22-10-4-5-15(22)16(20)23/h14-15H,1-12H2,(H2,20,23). The van der Waals surface area contributed by atoms with E-state index >= 15 is 0 Å². The van der Waals surface area contributed by atoms with E-state index in [4.69, 9.17) is 5.73 Å². The third kappa shape index (κ3) is 3.14. The molecule has 1 unspecified atom stereocenters. The number of hydrogen-bond donors (Lipinski definition) is 1. The summed E-state index contributed by atoms with van der Waals surface area (Å²) in [5.41, 5.74) is 4.74. The SMILES string of the molecule is N#CC1(C(=O)N2CCC(N3CCCC3C(N)=O)CC2)CCCCC1. The Labute approximate surface area is 144 Å². The maximum absolute atomic E-state index is 12.9. The summed E-state index contributed by atoms with van der Waals surface area (Å²) >= 11 is 0. The van der Waals surface area contributed by atoms with Gasteiger partial charge in [0.2, 0.25) is 11.8 Å². The van der Waals surface area contributed by atoms with E-state index in [1.807, 2.05) is 4.90 Å². The average molecular weight is 332 g/mol. The molecule has 6 nitrogen and oxygen atoms in total. The molecular formula is C18H28N4O2. The summed E-state index contributed by atoms with van der Waals surface area (Å²) in [6.07, 6.45) is 8.11. The highest BCUT2D eigenvalue weighted by molar-refractivity contribution is 5.85. The lowest BCUT2D eigenvalue weighted by atomic mass is 9.74. The van der Waals surface area contributed by atoms with Crippen LogP contribution in [-0.4, -0.2) is 53.3 Å². The molecule has 0 aromatic carbocycles. The predicted molar refractivity (Wildman–Crippen MR) is 89.7 cm³/mol. The first kappa shape index (κ1) is 17.2. The number of carbonyl (C=O) groups is 2. The van der Waals surface area contributed by atoms with Crippen molar-refractivity contribution in [1.82, 2.24) is 9.80 Å². The molecule has 0 aromatic rings. The lowest BCUT2D eigenvalue weighted by Gasteiger charge is -2.41. The number of rotatable bonds is 3. The van der Waals surface area contributed by atoms with Crippen LogP contribution in [0.1, 0.15) is 57.8 Å². The molecule has 1 atom stereocenters. The van der Waals surface area contributed by atoms with Crippen molar-refractivity contribution in [3.8, 4) is 6.07 Å². The zero-order chi connectivity index (χ0) is 17.2. The van der Waals surface area contributed by atoms with E-state index in [2.05, 4.69) is 11.0 Å². The molecular weight excluding hydrogens is 304 g/mol. The van der Waals surface area contributed by atoms with E-state index in [-0.39, 0.29) is 17.9 Å². The van der Waals surface area contributed by atoms with Crippen molar-refractivity contribution in [2.75, 3.05) is 19.6 Å². The summed E-state index contributed by atoms with van der Waals surface area (Å²) in [6.45, 7) is 2.30. The molecule has 132 valence electrons. The summed E-state index contributed by atoms with van der Waals surface area (Å²) in [6, 6.07) is 2.53. The van der Waals surface area contributed by atoms with Crippen LogP contribution < -0.4 is 5.73 Å². The molecule has 0 aromatic heterocycles. The minimum absolute atomic E-state index is 0.0380. The monoisotopic (exact) mass is 332 g/mol. The highest BCUT2D eigenvalue weighted by atomic mass is 16.2. The van der Waals surface area contributed by atoms with E-state index < -0.39 is 5.41 Å². The Morgan fingerprint density at radius 3 is 2.25 bits per heavy atom. The van der Waals surface area contributed by atoms with Crippen LogP contribution in [0.3, 0.4) is 0 Å². The number of nitrogens with zero attached hydrogens (tertiary/aromatic N) is 3. The number of carbonyl (C=O) groups excluding carboxylic acids is 2. The van der Waals surface area contributed by atoms with Crippen molar-refractivity contribution in [2.24, 2.45) is 11.1 Å². The molecule has 0 bridgehead atoms. The second-order valence-corrected chi connectivity index (χ2v) is 7.58. The summed E-state index contributed by atoms with van der Waals surface area (Å²) in [5.74, 6) is -0.187. The normalized spacial score (nSPS) is 28.5. The molecule has 1 aliphatic carbocycles. The van der Waals surface area contributed by atoms with Gasteiger partial charge in [-0.2, -0.15) is 5.26 Å². The molecule has 1 saturated carbocycles. The molecule has 6 heteroatoms. The molecule has 3 fully saturated rings. The van der Waals surface area contributed by atoms with Crippen molar-refractivity contribution in [3.63, 3.8) is 0 Å². The Morgan fingerprint density at radius 2 is 1.67 bits per heavy atom. The van der Waals surface area contributed by atoms with Crippen LogP contribution in [-0.2, 0) is 9.59 Å². The van der Waals surface area contributed by atoms with Gasteiger partial charge in [0.25, 0.3) is 0 Å². The Balaban J connectivity index is 1.59. The van der Waals surface area contributed by atoms with Gasteiger partial charge in [-0.3, -0.25) is 14.5 Å². The maximum atomic E-state index is 12.9. The summed E-state index contributed by atoms with van der Waals surface area (Å²) < 4.78 is 0. The highest BCUT2D eigenvalue weighted by Crippen LogP contribution is 2.38. The zero-order valence-electron chi connectivity index (χ0n) is 14.4. The van der Waals surface area contributed by atoms with E-state index in [1.165, 1.54) is 0 Å². The van der Waals surface area contributed by atoms with E-state index in [0.29, 0.717) is 32.0 Å². The molecule has 3 aliphatic rings. The fraction of sp³-hybridized carbons (Fsp3) is 0.833. The van der Waals surface area contributed by atoms with E-state index in [1.54, 1.807) is 0 Å². The number of nitrogens with two attached hydrogens (primary N) is 1. The largest absolute Gasteiger partial charge is 0.368 e. The number of primary amides is 1. The smallest absolute Gasteiger partial charge is 0.243 e. The van der Waals surface area contributed by atoms with Crippen LogP contribution in [0.15, 0.2) is 0 Å². The third-order valence-corrected chi connectivity index (χ3v) is 6.17. The molecule has 3 rings (SSSR count). The predicted octanol–water partition coefficient (Wildman–Crippen LogP) is 1.40. The van der Waals surface area contributed by atoms with Crippen LogP contribution in [0.2, 0.25) is 0 Å². The number of piperidine rings is 1. The Bertz CT molecular complexity index is 528. The molecule has 2 heterocycles. The van der Waals surface area contributed by atoms with E-state index in [0.717, 1.165) is 51.5 Å². The molecule has 24 heavy (non-hydrogen) atoms. The lowest BCUT2D eigenvalue weighted by molar-refractivity contribution is -0.142. The van der Waals surface area contributed by atoms with Crippen molar-refractivity contribution in [2.45, 2.75) is 69.9 Å².